The lowest BCUT2D eigenvalue weighted by Gasteiger charge is -2.28. The molecule has 0 unspecified atom stereocenters. The van der Waals surface area contributed by atoms with E-state index in [4.69, 9.17) is 16.9 Å². The Kier molecular flexibility index (Phi) is 3.12. The summed E-state index contributed by atoms with van der Waals surface area (Å²) in [6.45, 7) is 1.19. The van der Waals surface area contributed by atoms with E-state index in [0.717, 1.165) is 18.7 Å². The Morgan fingerprint density at radius 2 is 2.25 bits per heavy atom. The molecule has 1 saturated heterocycles. The fourth-order valence-corrected chi connectivity index (χ4v) is 2.14. The number of rotatable bonds is 1. The predicted molar refractivity (Wildman–Crippen MR) is 62.6 cm³/mol. The standard InChI is InChI=1S/C12H11ClN2O/c13-11-4-1-5-12(10(11)7-14)15-6-2-3-9(16)8-15/h1,4-5H,2-3,6,8H2. The van der Waals surface area contributed by atoms with E-state index in [1.54, 1.807) is 12.1 Å². The van der Waals surface area contributed by atoms with E-state index < -0.39 is 0 Å². The van der Waals surface area contributed by atoms with Crippen LogP contribution in [0.15, 0.2) is 18.2 Å². The van der Waals surface area contributed by atoms with Crippen molar-refractivity contribution in [3.63, 3.8) is 0 Å². The summed E-state index contributed by atoms with van der Waals surface area (Å²) in [7, 11) is 0. The summed E-state index contributed by atoms with van der Waals surface area (Å²) in [5, 5.41) is 9.49. The van der Waals surface area contributed by atoms with E-state index in [1.165, 1.54) is 0 Å². The number of benzene rings is 1. The Balaban J connectivity index is 2.36. The van der Waals surface area contributed by atoms with E-state index in [-0.39, 0.29) is 5.78 Å². The van der Waals surface area contributed by atoms with Gasteiger partial charge in [0, 0.05) is 13.0 Å². The second-order valence-electron chi connectivity index (χ2n) is 3.81. The summed E-state index contributed by atoms with van der Waals surface area (Å²) in [5.41, 5.74) is 1.22. The number of Topliss-reactive ketones (excluding diaryl/α,β-unsaturated/α-hetero) is 1. The fourth-order valence-electron chi connectivity index (χ4n) is 1.93. The smallest absolute Gasteiger partial charge is 0.152 e. The molecule has 0 aliphatic carbocycles. The molecule has 0 spiro atoms. The maximum Gasteiger partial charge on any atom is 0.152 e. The van der Waals surface area contributed by atoms with Gasteiger partial charge in [-0.1, -0.05) is 17.7 Å². The average Bonchev–Trinajstić information content (AvgIpc) is 2.28. The zero-order valence-corrected chi connectivity index (χ0v) is 9.50. The zero-order valence-electron chi connectivity index (χ0n) is 8.74. The Bertz CT molecular complexity index is 465. The number of halogens is 1. The number of piperidine rings is 1. The molecule has 1 heterocycles. The van der Waals surface area contributed by atoms with Gasteiger partial charge in [0.05, 0.1) is 22.8 Å². The first-order chi connectivity index (χ1) is 7.72. The third-order valence-electron chi connectivity index (χ3n) is 2.69. The Labute approximate surface area is 99.2 Å². The van der Waals surface area contributed by atoms with Crippen LogP contribution in [-0.2, 0) is 4.79 Å². The number of carbonyl (C=O) groups is 1. The summed E-state index contributed by atoms with van der Waals surface area (Å²) < 4.78 is 0. The Morgan fingerprint density at radius 1 is 1.44 bits per heavy atom. The van der Waals surface area contributed by atoms with Crippen molar-refractivity contribution in [2.24, 2.45) is 0 Å². The largest absolute Gasteiger partial charge is 0.363 e. The summed E-state index contributed by atoms with van der Waals surface area (Å²) in [4.78, 5) is 13.3. The molecule has 3 nitrogen and oxygen atoms in total. The van der Waals surface area contributed by atoms with Crippen LogP contribution < -0.4 is 4.90 Å². The number of carbonyl (C=O) groups excluding carboxylic acids is 1. The molecule has 1 aliphatic rings. The van der Waals surface area contributed by atoms with Crippen molar-refractivity contribution in [3.05, 3.63) is 28.8 Å². The first-order valence-electron chi connectivity index (χ1n) is 5.17. The zero-order chi connectivity index (χ0) is 11.5. The summed E-state index contributed by atoms with van der Waals surface area (Å²) >= 11 is 5.95. The minimum absolute atomic E-state index is 0.218. The van der Waals surface area contributed by atoms with Crippen molar-refractivity contribution in [1.29, 1.82) is 5.26 Å². The molecule has 0 radical (unpaired) electrons. The lowest BCUT2D eigenvalue weighted by molar-refractivity contribution is -0.118. The second-order valence-corrected chi connectivity index (χ2v) is 4.22. The van der Waals surface area contributed by atoms with Gasteiger partial charge in [0.15, 0.2) is 5.78 Å². The van der Waals surface area contributed by atoms with Crippen LogP contribution in [0.4, 0.5) is 5.69 Å². The summed E-state index contributed by atoms with van der Waals surface area (Å²) in [5.74, 6) is 0.218. The van der Waals surface area contributed by atoms with Gasteiger partial charge >= 0.3 is 0 Å². The predicted octanol–water partition coefficient (Wildman–Crippen LogP) is 2.38. The molecule has 4 heteroatoms. The molecule has 0 atom stereocenters. The maximum atomic E-state index is 11.4. The van der Waals surface area contributed by atoms with Crippen LogP contribution in [-0.4, -0.2) is 18.9 Å². The molecule has 16 heavy (non-hydrogen) atoms. The molecule has 2 rings (SSSR count). The highest BCUT2D eigenvalue weighted by Crippen LogP contribution is 2.28. The molecule has 0 saturated carbocycles. The maximum absolute atomic E-state index is 11.4. The minimum atomic E-state index is 0.218. The van der Waals surface area contributed by atoms with Gasteiger partial charge in [-0.3, -0.25) is 4.79 Å². The third kappa shape index (κ3) is 2.02. The van der Waals surface area contributed by atoms with Crippen LogP contribution >= 0.6 is 11.6 Å². The first-order valence-corrected chi connectivity index (χ1v) is 5.55. The molecule has 1 aromatic rings. The number of hydrogen-bond donors (Lipinski definition) is 0. The summed E-state index contributed by atoms with van der Waals surface area (Å²) in [6.07, 6.45) is 1.48. The fraction of sp³-hybridized carbons (Fsp3) is 0.333. The highest BCUT2D eigenvalue weighted by molar-refractivity contribution is 6.32. The van der Waals surface area contributed by atoms with Crippen molar-refractivity contribution in [1.82, 2.24) is 0 Å². The number of nitriles is 1. The van der Waals surface area contributed by atoms with Crippen LogP contribution in [0, 0.1) is 11.3 Å². The van der Waals surface area contributed by atoms with Crippen LogP contribution in [0.2, 0.25) is 5.02 Å². The van der Waals surface area contributed by atoms with E-state index >= 15 is 0 Å². The highest BCUT2D eigenvalue weighted by Gasteiger charge is 2.20. The molecule has 0 amide bonds. The quantitative estimate of drug-likeness (QED) is 0.750. The van der Waals surface area contributed by atoms with E-state index in [1.807, 2.05) is 11.0 Å². The average molecular weight is 235 g/mol. The van der Waals surface area contributed by atoms with Crippen molar-refractivity contribution >= 4 is 23.1 Å². The molecule has 1 aliphatic heterocycles. The van der Waals surface area contributed by atoms with Crippen LogP contribution in [0.5, 0.6) is 0 Å². The van der Waals surface area contributed by atoms with Gasteiger partial charge in [-0.15, -0.1) is 0 Å². The number of hydrogen-bond acceptors (Lipinski definition) is 3. The minimum Gasteiger partial charge on any atom is -0.363 e. The molecule has 0 aromatic heterocycles. The monoisotopic (exact) mass is 234 g/mol. The highest BCUT2D eigenvalue weighted by atomic mass is 35.5. The van der Waals surface area contributed by atoms with E-state index in [2.05, 4.69) is 6.07 Å². The molecule has 0 bridgehead atoms. The third-order valence-corrected chi connectivity index (χ3v) is 3.01. The van der Waals surface area contributed by atoms with Crippen molar-refractivity contribution < 1.29 is 4.79 Å². The van der Waals surface area contributed by atoms with Gasteiger partial charge in [0.1, 0.15) is 6.07 Å². The molecular formula is C12H11ClN2O. The lowest BCUT2D eigenvalue weighted by Crippen LogP contribution is -2.36. The van der Waals surface area contributed by atoms with Crippen molar-refractivity contribution in [2.75, 3.05) is 18.0 Å². The number of nitrogens with zero attached hydrogens (tertiary/aromatic N) is 2. The second kappa shape index (κ2) is 4.54. The molecular weight excluding hydrogens is 224 g/mol. The summed E-state index contributed by atoms with van der Waals surface area (Å²) in [6, 6.07) is 7.42. The normalized spacial score (nSPS) is 16.0. The Hall–Kier alpha value is -1.53. The molecule has 1 fully saturated rings. The van der Waals surface area contributed by atoms with Gasteiger partial charge in [0.25, 0.3) is 0 Å². The number of anilines is 1. The van der Waals surface area contributed by atoms with Crippen LogP contribution in [0.25, 0.3) is 0 Å². The first kappa shape index (κ1) is 11.0. The van der Waals surface area contributed by atoms with Gasteiger partial charge in [-0.25, -0.2) is 0 Å². The van der Waals surface area contributed by atoms with Gasteiger partial charge < -0.3 is 4.90 Å². The lowest BCUT2D eigenvalue weighted by atomic mass is 10.1. The van der Waals surface area contributed by atoms with Crippen LogP contribution in [0.1, 0.15) is 18.4 Å². The molecule has 1 aromatic carbocycles. The van der Waals surface area contributed by atoms with Gasteiger partial charge in [-0.05, 0) is 18.6 Å². The SMILES string of the molecule is N#Cc1c(Cl)cccc1N1CCCC(=O)C1. The Morgan fingerprint density at radius 3 is 2.94 bits per heavy atom. The van der Waals surface area contributed by atoms with Crippen LogP contribution in [0.3, 0.4) is 0 Å². The van der Waals surface area contributed by atoms with Crippen molar-refractivity contribution in [2.45, 2.75) is 12.8 Å². The van der Waals surface area contributed by atoms with E-state index in [9.17, 15) is 4.79 Å². The molecule has 82 valence electrons. The topological polar surface area (TPSA) is 44.1 Å². The van der Waals surface area contributed by atoms with Gasteiger partial charge in [-0.2, -0.15) is 5.26 Å². The molecule has 0 N–H and O–H groups in total. The van der Waals surface area contributed by atoms with Gasteiger partial charge in [0.2, 0.25) is 0 Å². The van der Waals surface area contributed by atoms with Crippen molar-refractivity contribution in [3.8, 4) is 6.07 Å². The number of ketones is 1. The van der Waals surface area contributed by atoms with E-state index in [0.29, 0.717) is 23.6 Å².